The molecule has 0 aliphatic heterocycles. The van der Waals surface area contributed by atoms with Crippen molar-refractivity contribution >= 4 is 29.1 Å². The summed E-state index contributed by atoms with van der Waals surface area (Å²) in [6, 6.07) is 5.03. The molecule has 1 aromatic rings. The number of hydrogen-bond donors (Lipinski definition) is 2. The Morgan fingerprint density at radius 3 is 2.83 bits per heavy atom. The molecule has 0 saturated carbocycles. The Morgan fingerprint density at radius 1 is 1.39 bits per heavy atom. The van der Waals surface area contributed by atoms with Crippen molar-refractivity contribution in [2.45, 2.75) is 12.8 Å². The lowest BCUT2D eigenvalue weighted by Crippen LogP contribution is -2.29. The number of carbonyl (C=O) groups excluding carboxylic acids is 1. The van der Waals surface area contributed by atoms with Crippen molar-refractivity contribution in [1.29, 1.82) is 0 Å². The van der Waals surface area contributed by atoms with Gasteiger partial charge in [-0.05, 0) is 24.6 Å². The molecule has 1 amide bonds. The van der Waals surface area contributed by atoms with Crippen LogP contribution in [0.25, 0.3) is 0 Å². The fourth-order valence-corrected chi connectivity index (χ4v) is 1.77. The summed E-state index contributed by atoms with van der Waals surface area (Å²) < 4.78 is 5.45. The Bertz CT molecular complexity index is 400. The van der Waals surface area contributed by atoms with Crippen LogP contribution in [-0.2, 0) is 4.79 Å². The molecule has 0 spiro atoms. The normalized spacial score (nSPS) is 10.2. The Kier molecular flexibility index (Phi) is 6.86. The van der Waals surface area contributed by atoms with Crippen LogP contribution < -0.4 is 15.8 Å². The number of benzene rings is 1. The molecule has 0 aliphatic rings. The monoisotopic (exact) mass is 290 g/mol. The van der Waals surface area contributed by atoms with E-state index in [0.717, 1.165) is 0 Å². The van der Waals surface area contributed by atoms with Gasteiger partial charge in [-0.1, -0.05) is 23.2 Å². The third kappa shape index (κ3) is 5.58. The minimum absolute atomic E-state index is 0.0220. The topological polar surface area (TPSA) is 64.3 Å². The van der Waals surface area contributed by atoms with Crippen molar-refractivity contribution in [3.63, 3.8) is 0 Å². The van der Waals surface area contributed by atoms with E-state index in [4.69, 9.17) is 33.7 Å². The molecule has 0 heterocycles. The minimum Gasteiger partial charge on any atom is -0.492 e. The van der Waals surface area contributed by atoms with Gasteiger partial charge in [-0.15, -0.1) is 0 Å². The molecule has 0 saturated heterocycles. The van der Waals surface area contributed by atoms with Gasteiger partial charge in [-0.3, -0.25) is 4.79 Å². The molecule has 0 aromatic heterocycles. The Labute approximate surface area is 116 Å². The van der Waals surface area contributed by atoms with Crippen LogP contribution in [0, 0.1) is 0 Å². The van der Waals surface area contributed by atoms with Crippen molar-refractivity contribution in [2.24, 2.45) is 5.73 Å². The summed E-state index contributed by atoms with van der Waals surface area (Å²) in [5.41, 5.74) is 5.27. The van der Waals surface area contributed by atoms with E-state index in [1.165, 1.54) is 0 Å². The Balaban J connectivity index is 2.23. The summed E-state index contributed by atoms with van der Waals surface area (Å²) in [5.74, 6) is 0.551. The highest BCUT2D eigenvalue weighted by molar-refractivity contribution is 6.35. The number of amides is 1. The van der Waals surface area contributed by atoms with Crippen LogP contribution in [0.3, 0.4) is 0 Å². The van der Waals surface area contributed by atoms with Gasteiger partial charge in [0, 0.05) is 24.5 Å². The van der Waals surface area contributed by atoms with Crippen LogP contribution in [0.15, 0.2) is 18.2 Å². The molecule has 0 unspecified atom stereocenters. The van der Waals surface area contributed by atoms with E-state index >= 15 is 0 Å². The molecule has 0 fully saturated rings. The van der Waals surface area contributed by atoms with E-state index in [1.807, 2.05) is 0 Å². The summed E-state index contributed by atoms with van der Waals surface area (Å²) in [6.07, 6.45) is 1.03. The molecular weight excluding hydrogens is 275 g/mol. The van der Waals surface area contributed by atoms with E-state index in [0.29, 0.717) is 48.3 Å². The van der Waals surface area contributed by atoms with Crippen molar-refractivity contribution < 1.29 is 9.53 Å². The molecule has 0 atom stereocenters. The van der Waals surface area contributed by atoms with Crippen LogP contribution in [0.4, 0.5) is 0 Å². The Morgan fingerprint density at radius 2 is 2.17 bits per heavy atom. The maximum Gasteiger partial charge on any atom is 0.220 e. The molecule has 4 nitrogen and oxygen atoms in total. The number of nitrogens with two attached hydrogens (primary N) is 1. The minimum atomic E-state index is -0.0220. The maximum atomic E-state index is 11.3. The smallest absolute Gasteiger partial charge is 0.220 e. The van der Waals surface area contributed by atoms with Crippen molar-refractivity contribution in [1.82, 2.24) is 5.32 Å². The summed E-state index contributed by atoms with van der Waals surface area (Å²) in [6.45, 7) is 1.38. The zero-order chi connectivity index (χ0) is 13.4. The second-order valence-corrected chi connectivity index (χ2v) is 4.51. The van der Waals surface area contributed by atoms with Crippen LogP contribution in [0.5, 0.6) is 5.75 Å². The largest absolute Gasteiger partial charge is 0.492 e. The molecular formula is C12H16Cl2N2O2. The average Bonchev–Trinajstić information content (AvgIpc) is 2.34. The van der Waals surface area contributed by atoms with Crippen LogP contribution in [-0.4, -0.2) is 25.6 Å². The molecule has 100 valence electrons. The predicted octanol–water partition coefficient (Wildman–Crippen LogP) is 2.23. The fourth-order valence-electron chi connectivity index (χ4n) is 1.31. The lowest BCUT2D eigenvalue weighted by Gasteiger charge is -2.08. The molecule has 1 aromatic carbocycles. The molecule has 3 N–H and O–H groups in total. The zero-order valence-corrected chi connectivity index (χ0v) is 11.4. The molecule has 0 aliphatic carbocycles. The number of ether oxygens (including phenoxy) is 1. The third-order valence-corrected chi connectivity index (χ3v) is 2.70. The van der Waals surface area contributed by atoms with Crippen LogP contribution in [0.2, 0.25) is 10.0 Å². The van der Waals surface area contributed by atoms with Gasteiger partial charge < -0.3 is 15.8 Å². The fraction of sp³-hybridized carbons (Fsp3) is 0.417. The number of nitrogens with one attached hydrogen (secondary N) is 1. The lowest BCUT2D eigenvalue weighted by molar-refractivity contribution is -0.121. The Hall–Kier alpha value is -0.970. The first-order valence-electron chi connectivity index (χ1n) is 5.68. The van der Waals surface area contributed by atoms with Gasteiger partial charge in [-0.25, -0.2) is 0 Å². The molecule has 0 bridgehead atoms. The average molecular weight is 291 g/mol. The van der Waals surface area contributed by atoms with E-state index in [1.54, 1.807) is 18.2 Å². The number of hydrogen-bond acceptors (Lipinski definition) is 3. The van der Waals surface area contributed by atoms with Gasteiger partial charge in [0.2, 0.25) is 5.91 Å². The summed E-state index contributed by atoms with van der Waals surface area (Å²) in [7, 11) is 0. The maximum absolute atomic E-state index is 11.3. The van der Waals surface area contributed by atoms with E-state index in [2.05, 4.69) is 5.32 Å². The van der Waals surface area contributed by atoms with E-state index in [-0.39, 0.29) is 5.91 Å². The SMILES string of the molecule is NCCNC(=O)CCCOc1ccc(Cl)cc1Cl. The standard InChI is InChI=1S/C12H16Cl2N2O2/c13-9-3-4-11(10(14)8-9)18-7-1-2-12(17)16-6-5-15/h3-4,8H,1-2,5-7,15H2,(H,16,17). The van der Waals surface area contributed by atoms with Crippen molar-refractivity contribution in [3.05, 3.63) is 28.2 Å². The van der Waals surface area contributed by atoms with Gasteiger partial charge in [0.05, 0.1) is 11.6 Å². The highest BCUT2D eigenvalue weighted by Gasteiger charge is 2.03. The van der Waals surface area contributed by atoms with Gasteiger partial charge >= 0.3 is 0 Å². The van der Waals surface area contributed by atoms with Crippen molar-refractivity contribution in [3.8, 4) is 5.75 Å². The van der Waals surface area contributed by atoms with Gasteiger partial charge in [0.15, 0.2) is 0 Å². The molecule has 0 radical (unpaired) electrons. The first-order chi connectivity index (χ1) is 8.63. The van der Waals surface area contributed by atoms with Crippen LogP contribution >= 0.6 is 23.2 Å². The number of carbonyl (C=O) groups is 1. The van der Waals surface area contributed by atoms with Crippen molar-refractivity contribution in [2.75, 3.05) is 19.7 Å². The molecule has 6 heteroatoms. The summed E-state index contributed by atoms with van der Waals surface area (Å²) in [5, 5.41) is 3.72. The quantitative estimate of drug-likeness (QED) is 0.757. The van der Waals surface area contributed by atoms with Gasteiger partial charge in [-0.2, -0.15) is 0 Å². The predicted molar refractivity (Wildman–Crippen MR) is 73.3 cm³/mol. The molecule has 18 heavy (non-hydrogen) atoms. The zero-order valence-electron chi connectivity index (χ0n) is 9.92. The molecule has 1 rings (SSSR count). The first-order valence-corrected chi connectivity index (χ1v) is 6.43. The number of rotatable bonds is 7. The van der Waals surface area contributed by atoms with E-state index < -0.39 is 0 Å². The van der Waals surface area contributed by atoms with Gasteiger partial charge in [0.1, 0.15) is 5.75 Å². The second-order valence-electron chi connectivity index (χ2n) is 3.67. The van der Waals surface area contributed by atoms with E-state index in [9.17, 15) is 4.79 Å². The third-order valence-electron chi connectivity index (χ3n) is 2.17. The van der Waals surface area contributed by atoms with Gasteiger partial charge in [0.25, 0.3) is 0 Å². The number of halogens is 2. The summed E-state index contributed by atoms with van der Waals surface area (Å²) >= 11 is 11.7. The summed E-state index contributed by atoms with van der Waals surface area (Å²) in [4.78, 5) is 11.3. The highest BCUT2D eigenvalue weighted by Crippen LogP contribution is 2.27. The second kappa shape index (κ2) is 8.19. The highest BCUT2D eigenvalue weighted by atomic mass is 35.5. The lowest BCUT2D eigenvalue weighted by atomic mass is 10.3. The first kappa shape index (κ1) is 15.1. The van der Waals surface area contributed by atoms with Crippen LogP contribution in [0.1, 0.15) is 12.8 Å².